The van der Waals surface area contributed by atoms with Crippen molar-refractivity contribution in [3.63, 3.8) is 0 Å². The van der Waals surface area contributed by atoms with Gasteiger partial charge in [0, 0.05) is 18.1 Å². The molecule has 0 heterocycles. The van der Waals surface area contributed by atoms with Crippen LogP contribution in [0.5, 0.6) is 0 Å². The second-order valence-corrected chi connectivity index (χ2v) is 9.06. The van der Waals surface area contributed by atoms with Crippen LogP contribution in [0.3, 0.4) is 0 Å². The molecule has 0 aromatic heterocycles. The fourth-order valence-corrected chi connectivity index (χ4v) is 4.53. The van der Waals surface area contributed by atoms with E-state index in [-0.39, 0.29) is 0 Å². The summed E-state index contributed by atoms with van der Waals surface area (Å²) in [7, 11) is -3.43. The van der Waals surface area contributed by atoms with Gasteiger partial charge in [0.25, 0.3) is 0 Å². The minimum Gasteiger partial charge on any atom is -0.207 e. The molecule has 25 heavy (non-hydrogen) atoms. The quantitative estimate of drug-likeness (QED) is 0.352. The van der Waals surface area contributed by atoms with E-state index in [4.69, 9.17) is 11.6 Å². The predicted octanol–water partition coefficient (Wildman–Crippen LogP) is 6.27. The number of sulfonamides is 1. The van der Waals surface area contributed by atoms with Crippen molar-refractivity contribution in [2.45, 2.75) is 83.0 Å². The van der Waals surface area contributed by atoms with Crippen molar-refractivity contribution in [3.8, 4) is 0 Å². The maximum atomic E-state index is 13.0. The minimum atomic E-state index is -3.43. The van der Waals surface area contributed by atoms with Crippen molar-refractivity contribution < 1.29 is 8.42 Å². The molecule has 0 bridgehead atoms. The molecule has 5 heteroatoms. The zero-order valence-electron chi connectivity index (χ0n) is 15.8. The third kappa shape index (κ3) is 8.57. The standard InChI is InChI=1S/C20H34ClNO2S/c1-3-5-7-9-11-17-22(18-12-10-8-6-4-2)25(23,24)20-15-13-19(21)14-16-20/h13-16H,3-12,17-18H2,1-2H3. The number of nitrogens with zero attached hydrogens (tertiary/aromatic N) is 1. The Balaban J connectivity index is 2.68. The van der Waals surface area contributed by atoms with Crippen LogP contribution in [0.4, 0.5) is 0 Å². The summed E-state index contributed by atoms with van der Waals surface area (Å²) in [4.78, 5) is 0.346. The average molecular weight is 388 g/mol. The van der Waals surface area contributed by atoms with Crippen molar-refractivity contribution in [1.29, 1.82) is 0 Å². The Hall–Kier alpha value is -0.580. The van der Waals surface area contributed by atoms with Gasteiger partial charge in [-0.3, -0.25) is 0 Å². The zero-order valence-corrected chi connectivity index (χ0v) is 17.4. The van der Waals surface area contributed by atoms with Crippen LogP contribution < -0.4 is 0 Å². The third-order valence-corrected chi connectivity index (χ3v) is 6.64. The number of halogens is 1. The van der Waals surface area contributed by atoms with Crippen LogP contribution in [0.25, 0.3) is 0 Å². The molecule has 0 aliphatic rings. The van der Waals surface area contributed by atoms with E-state index in [1.807, 2.05) is 0 Å². The Bertz CT molecular complexity index is 544. The Labute approximate surface area is 159 Å². The maximum absolute atomic E-state index is 13.0. The molecule has 144 valence electrons. The second kappa shape index (κ2) is 12.7. The molecule has 0 N–H and O–H groups in total. The largest absolute Gasteiger partial charge is 0.243 e. The van der Waals surface area contributed by atoms with Gasteiger partial charge in [0.1, 0.15) is 0 Å². The van der Waals surface area contributed by atoms with Crippen molar-refractivity contribution >= 4 is 21.6 Å². The van der Waals surface area contributed by atoms with Crippen molar-refractivity contribution in [1.82, 2.24) is 4.31 Å². The number of unbranched alkanes of at least 4 members (excludes halogenated alkanes) is 8. The summed E-state index contributed by atoms with van der Waals surface area (Å²) in [6, 6.07) is 6.52. The average Bonchev–Trinajstić information content (AvgIpc) is 2.59. The molecule has 0 aliphatic heterocycles. The van der Waals surface area contributed by atoms with Gasteiger partial charge in [-0.1, -0.05) is 76.8 Å². The third-order valence-electron chi connectivity index (χ3n) is 4.47. The van der Waals surface area contributed by atoms with E-state index in [1.54, 1.807) is 28.6 Å². The number of benzene rings is 1. The van der Waals surface area contributed by atoms with E-state index in [0.717, 1.165) is 25.7 Å². The molecule has 3 nitrogen and oxygen atoms in total. The molecule has 0 atom stereocenters. The number of hydrogen-bond acceptors (Lipinski definition) is 2. The highest BCUT2D eigenvalue weighted by atomic mass is 35.5. The lowest BCUT2D eigenvalue weighted by Gasteiger charge is -2.22. The van der Waals surface area contributed by atoms with Gasteiger partial charge in [0.2, 0.25) is 10.0 Å². The fraction of sp³-hybridized carbons (Fsp3) is 0.700. The molecule has 0 fully saturated rings. The number of rotatable bonds is 14. The first kappa shape index (κ1) is 22.5. The van der Waals surface area contributed by atoms with E-state index >= 15 is 0 Å². The Morgan fingerprint density at radius 3 is 1.64 bits per heavy atom. The fourth-order valence-electron chi connectivity index (χ4n) is 2.89. The van der Waals surface area contributed by atoms with Crippen molar-refractivity contribution in [3.05, 3.63) is 29.3 Å². The molecule has 0 amide bonds. The van der Waals surface area contributed by atoms with E-state index in [1.165, 1.54) is 38.5 Å². The highest BCUT2D eigenvalue weighted by molar-refractivity contribution is 7.89. The van der Waals surface area contributed by atoms with Gasteiger partial charge in [0.15, 0.2) is 0 Å². The highest BCUT2D eigenvalue weighted by Gasteiger charge is 2.23. The first-order chi connectivity index (χ1) is 12.0. The molecule has 1 aromatic rings. The predicted molar refractivity (Wildman–Crippen MR) is 108 cm³/mol. The number of hydrogen-bond donors (Lipinski definition) is 0. The first-order valence-corrected chi connectivity index (χ1v) is 11.6. The summed E-state index contributed by atoms with van der Waals surface area (Å²) >= 11 is 5.90. The van der Waals surface area contributed by atoms with Crippen LogP contribution in [0.15, 0.2) is 29.2 Å². The van der Waals surface area contributed by atoms with Crippen LogP contribution in [-0.2, 0) is 10.0 Å². The molecule has 0 saturated carbocycles. The van der Waals surface area contributed by atoms with Crippen LogP contribution in [0, 0.1) is 0 Å². The van der Waals surface area contributed by atoms with E-state index in [2.05, 4.69) is 13.8 Å². The Morgan fingerprint density at radius 2 is 1.20 bits per heavy atom. The van der Waals surface area contributed by atoms with Gasteiger partial charge < -0.3 is 0 Å². The van der Waals surface area contributed by atoms with E-state index in [0.29, 0.717) is 23.0 Å². The van der Waals surface area contributed by atoms with Crippen LogP contribution in [0.1, 0.15) is 78.1 Å². The lowest BCUT2D eigenvalue weighted by molar-refractivity contribution is 0.384. The normalized spacial score (nSPS) is 12.0. The second-order valence-electron chi connectivity index (χ2n) is 6.69. The molecule has 0 radical (unpaired) electrons. The molecule has 1 aromatic carbocycles. The first-order valence-electron chi connectivity index (χ1n) is 9.78. The van der Waals surface area contributed by atoms with Gasteiger partial charge in [-0.25, -0.2) is 8.42 Å². The monoisotopic (exact) mass is 387 g/mol. The molecule has 0 aliphatic carbocycles. The minimum absolute atomic E-state index is 0.346. The summed E-state index contributed by atoms with van der Waals surface area (Å²) < 4.78 is 27.6. The molecule has 0 spiro atoms. The summed E-state index contributed by atoms with van der Waals surface area (Å²) in [5.74, 6) is 0. The van der Waals surface area contributed by atoms with E-state index in [9.17, 15) is 8.42 Å². The van der Waals surface area contributed by atoms with Gasteiger partial charge >= 0.3 is 0 Å². The van der Waals surface area contributed by atoms with Gasteiger partial charge in [-0.2, -0.15) is 4.31 Å². The molecular formula is C20H34ClNO2S. The lowest BCUT2D eigenvalue weighted by atomic mass is 10.1. The smallest absolute Gasteiger partial charge is 0.207 e. The van der Waals surface area contributed by atoms with E-state index < -0.39 is 10.0 Å². The summed E-state index contributed by atoms with van der Waals surface area (Å²) in [6.45, 7) is 5.60. The summed E-state index contributed by atoms with van der Waals surface area (Å²) in [6.07, 6.45) is 11.3. The Kier molecular flexibility index (Phi) is 11.4. The van der Waals surface area contributed by atoms with Crippen LogP contribution >= 0.6 is 11.6 Å². The zero-order chi connectivity index (χ0) is 18.5. The lowest BCUT2D eigenvalue weighted by Crippen LogP contribution is -2.33. The molecule has 0 saturated heterocycles. The SMILES string of the molecule is CCCCCCCN(CCCCCCC)S(=O)(=O)c1ccc(Cl)cc1. The summed E-state index contributed by atoms with van der Waals surface area (Å²) in [5, 5.41) is 0.560. The van der Waals surface area contributed by atoms with Crippen LogP contribution in [-0.4, -0.2) is 25.8 Å². The van der Waals surface area contributed by atoms with Gasteiger partial charge in [-0.05, 0) is 37.1 Å². The highest BCUT2D eigenvalue weighted by Crippen LogP contribution is 2.20. The summed E-state index contributed by atoms with van der Waals surface area (Å²) in [5.41, 5.74) is 0. The Morgan fingerprint density at radius 1 is 0.760 bits per heavy atom. The van der Waals surface area contributed by atoms with Crippen molar-refractivity contribution in [2.24, 2.45) is 0 Å². The van der Waals surface area contributed by atoms with Crippen LogP contribution in [0.2, 0.25) is 5.02 Å². The molecule has 0 unspecified atom stereocenters. The van der Waals surface area contributed by atoms with Gasteiger partial charge in [-0.15, -0.1) is 0 Å². The molecule has 1 rings (SSSR count). The topological polar surface area (TPSA) is 37.4 Å². The molecular weight excluding hydrogens is 354 g/mol. The van der Waals surface area contributed by atoms with Gasteiger partial charge in [0.05, 0.1) is 4.90 Å². The van der Waals surface area contributed by atoms with Crippen molar-refractivity contribution in [2.75, 3.05) is 13.1 Å². The maximum Gasteiger partial charge on any atom is 0.243 e.